The molecule has 0 heterocycles. The van der Waals surface area contributed by atoms with Crippen LogP contribution in [0.2, 0.25) is 0 Å². The highest BCUT2D eigenvalue weighted by Crippen LogP contribution is 1.96. The fourth-order valence-corrected chi connectivity index (χ4v) is 0.846. The van der Waals surface area contributed by atoms with E-state index in [0.717, 1.165) is 38.5 Å². The molecular formula is C12H18. The first-order chi connectivity index (χ1) is 5.91. The van der Waals surface area contributed by atoms with E-state index in [1.165, 1.54) is 0 Å². The Morgan fingerprint density at radius 1 is 0.833 bits per heavy atom. The second-order valence-corrected chi connectivity index (χ2v) is 2.72. The number of unbranched alkanes of at least 4 members (excludes halogenated alkanes) is 4. The van der Waals surface area contributed by atoms with E-state index in [9.17, 15) is 0 Å². The molecule has 0 aromatic carbocycles. The minimum absolute atomic E-state index is 1.01. The summed E-state index contributed by atoms with van der Waals surface area (Å²) >= 11 is 0. The van der Waals surface area contributed by atoms with Crippen LogP contribution in [0.5, 0.6) is 0 Å². The van der Waals surface area contributed by atoms with Crippen molar-refractivity contribution < 1.29 is 0 Å². The molecule has 0 heteroatoms. The van der Waals surface area contributed by atoms with E-state index in [1.54, 1.807) is 0 Å². The van der Waals surface area contributed by atoms with Crippen molar-refractivity contribution in [2.24, 2.45) is 0 Å². The molecule has 0 spiro atoms. The van der Waals surface area contributed by atoms with Crippen LogP contribution in [0.15, 0.2) is 25.3 Å². The van der Waals surface area contributed by atoms with E-state index in [-0.39, 0.29) is 0 Å². The first kappa shape index (κ1) is 11.0. The highest BCUT2D eigenvalue weighted by molar-refractivity contribution is 4.99. The molecule has 0 aliphatic carbocycles. The Bertz CT molecular complexity index is 148. The Hall–Kier alpha value is -0.960. The van der Waals surface area contributed by atoms with Gasteiger partial charge in [0.25, 0.3) is 0 Å². The number of hydrogen-bond acceptors (Lipinski definition) is 0. The van der Waals surface area contributed by atoms with E-state index in [2.05, 4.69) is 25.0 Å². The average molecular weight is 162 g/mol. The average Bonchev–Trinajstić information content (AvgIpc) is 2.10. The standard InChI is InChI=1S/C12H18/c1-3-5-7-9-11-12-10-8-6-4-2/h3-4H,1-2,5-10H2. The van der Waals surface area contributed by atoms with E-state index < -0.39 is 0 Å². The van der Waals surface area contributed by atoms with Crippen molar-refractivity contribution in [2.75, 3.05) is 0 Å². The second-order valence-electron chi connectivity index (χ2n) is 2.72. The molecule has 0 bridgehead atoms. The van der Waals surface area contributed by atoms with Gasteiger partial charge in [-0.25, -0.2) is 0 Å². The van der Waals surface area contributed by atoms with Crippen LogP contribution in [0.4, 0.5) is 0 Å². The summed E-state index contributed by atoms with van der Waals surface area (Å²) in [6.45, 7) is 7.32. The lowest BCUT2D eigenvalue weighted by atomic mass is 10.2. The molecule has 0 rings (SSSR count). The van der Waals surface area contributed by atoms with Gasteiger partial charge >= 0.3 is 0 Å². The van der Waals surface area contributed by atoms with E-state index in [4.69, 9.17) is 0 Å². The second kappa shape index (κ2) is 10.0. The molecule has 0 fully saturated rings. The van der Waals surface area contributed by atoms with Crippen LogP contribution in [0.25, 0.3) is 0 Å². The highest BCUT2D eigenvalue weighted by Gasteiger charge is 1.79. The first-order valence-electron chi connectivity index (χ1n) is 4.59. The fourth-order valence-electron chi connectivity index (χ4n) is 0.846. The molecule has 0 aromatic rings. The predicted molar refractivity (Wildman–Crippen MR) is 55.9 cm³/mol. The Morgan fingerprint density at radius 2 is 1.25 bits per heavy atom. The molecule has 0 saturated heterocycles. The molecule has 0 radical (unpaired) electrons. The zero-order valence-corrected chi connectivity index (χ0v) is 7.81. The number of allylic oxidation sites excluding steroid dienone is 2. The summed E-state index contributed by atoms with van der Waals surface area (Å²) < 4.78 is 0. The van der Waals surface area contributed by atoms with E-state index >= 15 is 0 Å². The van der Waals surface area contributed by atoms with Crippen molar-refractivity contribution in [3.63, 3.8) is 0 Å². The van der Waals surface area contributed by atoms with Gasteiger partial charge in [-0.2, -0.15) is 0 Å². The zero-order chi connectivity index (χ0) is 9.07. The van der Waals surface area contributed by atoms with Crippen LogP contribution in [0.1, 0.15) is 38.5 Å². The van der Waals surface area contributed by atoms with Crippen molar-refractivity contribution in [3.8, 4) is 11.8 Å². The van der Waals surface area contributed by atoms with Gasteiger partial charge in [0.15, 0.2) is 0 Å². The van der Waals surface area contributed by atoms with Crippen LogP contribution >= 0.6 is 0 Å². The predicted octanol–water partition coefficient (Wildman–Crippen LogP) is 3.70. The Labute approximate surface area is 76.4 Å². The Kier molecular flexibility index (Phi) is 9.24. The van der Waals surface area contributed by atoms with Gasteiger partial charge in [0.2, 0.25) is 0 Å². The van der Waals surface area contributed by atoms with Crippen molar-refractivity contribution in [1.29, 1.82) is 0 Å². The maximum absolute atomic E-state index is 3.66. The molecule has 0 unspecified atom stereocenters. The van der Waals surface area contributed by atoms with Crippen LogP contribution in [-0.2, 0) is 0 Å². The highest BCUT2D eigenvalue weighted by atomic mass is 13.8. The monoisotopic (exact) mass is 162 g/mol. The Balaban J connectivity index is 3.11. The summed E-state index contributed by atoms with van der Waals surface area (Å²) in [6, 6.07) is 0. The van der Waals surface area contributed by atoms with Gasteiger partial charge in [0.05, 0.1) is 0 Å². The summed E-state index contributed by atoms with van der Waals surface area (Å²) in [5.74, 6) is 6.29. The molecule has 66 valence electrons. The lowest BCUT2D eigenvalue weighted by Gasteiger charge is -1.87. The number of hydrogen-bond donors (Lipinski definition) is 0. The van der Waals surface area contributed by atoms with Crippen LogP contribution in [0, 0.1) is 11.8 Å². The lowest BCUT2D eigenvalue weighted by molar-refractivity contribution is 0.871. The minimum Gasteiger partial charge on any atom is -0.103 e. The van der Waals surface area contributed by atoms with Gasteiger partial charge in [-0.3, -0.25) is 0 Å². The fraction of sp³-hybridized carbons (Fsp3) is 0.500. The molecule has 0 aliphatic heterocycles. The van der Waals surface area contributed by atoms with Crippen LogP contribution in [0.3, 0.4) is 0 Å². The lowest BCUT2D eigenvalue weighted by Crippen LogP contribution is -1.71. The van der Waals surface area contributed by atoms with Gasteiger partial charge in [0, 0.05) is 12.8 Å². The first-order valence-corrected chi connectivity index (χ1v) is 4.59. The third-order valence-corrected chi connectivity index (χ3v) is 1.55. The van der Waals surface area contributed by atoms with E-state index in [0.29, 0.717) is 0 Å². The van der Waals surface area contributed by atoms with Gasteiger partial charge in [-0.05, 0) is 25.7 Å². The van der Waals surface area contributed by atoms with Gasteiger partial charge in [-0.15, -0.1) is 25.0 Å². The molecule has 0 saturated carbocycles. The topological polar surface area (TPSA) is 0 Å². The van der Waals surface area contributed by atoms with Crippen LogP contribution < -0.4 is 0 Å². The maximum atomic E-state index is 3.66. The molecule has 0 nitrogen and oxygen atoms in total. The molecular weight excluding hydrogens is 144 g/mol. The van der Waals surface area contributed by atoms with Crippen molar-refractivity contribution >= 4 is 0 Å². The van der Waals surface area contributed by atoms with Gasteiger partial charge in [-0.1, -0.05) is 12.2 Å². The van der Waals surface area contributed by atoms with Crippen LogP contribution in [-0.4, -0.2) is 0 Å². The van der Waals surface area contributed by atoms with Crippen molar-refractivity contribution in [3.05, 3.63) is 25.3 Å². The molecule has 0 aliphatic rings. The number of rotatable bonds is 6. The largest absolute Gasteiger partial charge is 0.103 e. The quantitative estimate of drug-likeness (QED) is 0.317. The minimum atomic E-state index is 1.01. The third-order valence-electron chi connectivity index (χ3n) is 1.55. The summed E-state index contributed by atoms with van der Waals surface area (Å²) in [5, 5.41) is 0. The summed E-state index contributed by atoms with van der Waals surface area (Å²) in [7, 11) is 0. The zero-order valence-electron chi connectivity index (χ0n) is 7.81. The molecule has 12 heavy (non-hydrogen) atoms. The summed E-state index contributed by atoms with van der Waals surface area (Å²) in [4.78, 5) is 0. The molecule has 0 N–H and O–H groups in total. The van der Waals surface area contributed by atoms with Gasteiger partial charge in [0.1, 0.15) is 0 Å². The van der Waals surface area contributed by atoms with Crippen molar-refractivity contribution in [1.82, 2.24) is 0 Å². The maximum Gasteiger partial charge on any atom is 0.00916 e. The smallest absolute Gasteiger partial charge is 0.00916 e. The van der Waals surface area contributed by atoms with Gasteiger partial charge < -0.3 is 0 Å². The SMILES string of the molecule is C=CCCCC#CCCCC=C. The molecule has 0 aromatic heterocycles. The Morgan fingerprint density at radius 3 is 1.58 bits per heavy atom. The third kappa shape index (κ3) is 9.04. The summed E-state index contributed by atoms with van der Waals surface area (Å²) in [5.41, 5.74) is 0. The summed E-state index contributed by atoms with van der Waals surface area (Å²) in [6.07, 6.45) is 10.4. The normalized spacial score (nSPS) is 8.33. The van der Waals surface area contributed by atoms with E-state index in [1.807, 2.05) is 12.2 Å². The molecule has 0 amide bonds. The molecule has 0 atom stereocenters. The van der Waals surface area contributed by atoms with Crippen molar-refractivity contribution in [2.45, 2.75) is 38.5 Å².